The number of hydrogen-bond donors (Lipinski definition) is 0. The molecule has 0 N–H and O–H groups in total. The fourth-order valence-corrected chi connectivity index (χ4v) is 3.13. The molecule has 0 bridgehead atoms. The first kappa shape index (κ1) is 18.0. The third-order valence-electron chi connectivity index (χ3n) is 4.58. The first-order valence-electron chi connectivity index (χ1n) is 8.62. The van der Waals surface area contributed by atoms with Gasteiger partial charge < -0.3 is 9.80 Å². The lowest BCUT2D eigenvalue weighted by Gasteiger charge is -2.26. The lowest BCUT2D eigenvalue weighted by Crippen LogP contribution is -2.35. The van der Waals surface area contributed by atoms with Crippen molar-refractivity contribution in [1.82, 2.24) is 9.80 Å². The highest BCUT2D eigenvalue weighted by Gasteiger charge is 2.23. The zero-order valence-corrected chi connectivity index (χ0v) is 14.1. The molecule has 0 radical (unpaired) electrons. The summed E-state index contributed by atoms with van der Waals surface area (Å²) in [4.78, 5) is 27.9. The number of hydrogen-bond acceptors (Lipinski definition) is 2. The highest BCUT2D eigenvalue weighted by Crippen LogP contribution is 2.25. The zero-order chi connectivity index (χ0) is 15.7. The van der Waals surface area contributed by atoms with Crippen LogP contribution < -0.4 is 0 Å². The number of carbonyl (C=O) groups is 2. The van der Waals surface area contributed by atoms with Gasteiger partial charge in [-0.25, -0.2) is 0 Å². The van der Waals surface area contributed by atoms with Crippen molar-refractivity contribution >= 4 is 11.8 Å². The third-order valence-corrected chi connectivity index (χ3v) is 4.58. The third kappa shape index (κ3) is 6.06. The molecule has 4 heteroatoms. The Bertz CT molecular complexity index is 321. The van der Waals surface area contributed by atoms with Gasteiger partial charge in [0, 0.05) is 39.0 Å². The number of carbonyl (C=O) groups excluding carboxylic acids is 2. The summed E-state index contributed by atoms with van der Waals surface area (Å²) in [6.45, 7) is 6.38. The van der Waals surface area contributed by atoms with E-state index in [0.29, 0.717) is 12.3 Å². The summed E-state index contributed by atoms with van der Waals surface area (Å²) in [5, 5.41) is 0. The molecule has 0 aliphatic heterocycles. The Morgan fingerprint density at radius 2 is 1.62 bits per heavy atom. The second-order valence-electron chi connectivity index (χ2n) is 6.12. The second kappa shape index (κ2) is 9.80. The predicted molar refractivity (Wildman–Crippen MR) is 86.0 cm³/mol. The molecule has 0 spiro atoms. The standard InChI is InChI=1S/C17H32N2O2/c1-4-19(5-2)16(20)13-9-10-14-18(3)17(21)15-11-7-6-8-12-15/h15H,4-14H2,1-3H3. The van der Waals surface area contributed by atoms with E-state index < -0.39 is 0 Å². The van der Waals surface area contributed by atoms with Gasteiger partial charge in [-0.1, -0.05) is 19.3 Å². The van der Waals surface area contributed by atoms with Gasteiger partial charge in [-0.05, 0) is 39.5 Å². The van der Waals surface area contributed by atoms with E-state index in [-0.39, 0.29) is 11.8 Å². The summed E-state index contributed by atoms with van der Waals surface area (Å²) in [6, 6.07) is 0. The molecule has 1 fully saturated rings. The first-order valence-corrected chi connectivity index (χ1v) is 8.62. The van der Waals surface area contributed by atoms with Gasteiger partial charge in [0.25, 0.3) is 0 Å². The molecule has 1 rings (SSSR count). The molecular formula is C17H32N2O2. The second-order valence-corrected chi connectivity index (χ2v) is 6.12. The van der Waals surface area contributed by atoms with Crippen molar-refractivity contribution in [2.75, 3.05) is 26.7 Å². The van der Waals surface area contributed by atoms with Crippen molar-refractivity contribution in [3.63, 3.8) is 0 Å². The fraction of sp³-hybridized carbons (Fsp3) is 0.882. The van der Waals surface area contributed by atoms with Gasteiger partial charge in [0.2, 0.25) is 11.8 Å². The molecule has 4 nitrogen and oxygen atoms in total. The summed E-state index contributed by atoms with van der Waals surface area (Å²) >= 11 is 0. The molecular weight excluding hydrogens is 264 g/mol. The van der Waals surface area contributed by atoms with Crippen LogP contribution in [0.4, 0.5) is 0 Å². The minimum atomic E-state index is 0.237. The Hall–Kier alpha value is -1.06. The van der Waals surface area contributed by atoms with Gasteiger partial charge in [0.15, 0.2) is 0 Å². The molecule has 0 unspecified atom stereocenters. The van der Waals surface area contributed by atoms with E-state index in [1.54, 1.807) is 0 Å². The largest absolute Gasteiger partial charge is 0.346 e. The lowest BCUT2D eigenvalue weighted by atomic mass is 9.88. The van der Waals surface area contributed by atoms with E-state index >= 15 is 0 Å². The van der Waals surface area contributed by atoms with Crippen LogP contribution in [0.1, 0.15) is 65.2 Å². The number of amides is 2. The SMILES string of the molecule is CCN(CC)C(=O)CCCCN(C)C(=O)C1CCCCC1. The van der Waals surface area contributed by atoms with E-state index in [1.807, 2.05) is 30.7 Å². The maximum Gasteiger partial charge on any atom is 0.225 e. The topological polar surface area (TPSA) is 40.6 Å². The highest BCUT2D eigenvalue weighted by atomic mass is 16.2. The summed E-state index contributed by atoms with van der Waals surface area (Å²) in [5.41, 5.74) is 0. The van der Waals surface area contributed by atoms with Crippen LogP contribution in [0.15, 0.2) is 0 Å². The maximum absolute atomic E-state index is 12.3. The molecule has 2 amide bonds. The van der Waals surface area contributed by atoms with E-state index in [2.05, 4.69) is 0 Å². The van der Waals surface area contributed by atoms with Gasteiger partial charge in [-0.2, -0.15) is 0 Å². The molecule has 0 atom stereocenters. The molecule has 122 valence electrons. The Kier molecular flexibility index (Phi) is 8.40. The summed E-state index contributed by atoms with van der Waals surface area (Å²) in [7, 11) is 1.91. The van der Waals surface area contributed by atoms with E-state index in [4.69, 9.17) is 0 Å². The van der Waals surface area contributed by atoms with Crippen LogP contribution in [-0.2, 0) is 9.59 Å². The van der Waals surface area contributed by atoms with Crippen LogP contribution in [0, 0.1) is 5.92 Å². The van der Waals surface area contributed by atoms with Crippen LogP contribution >= 0.6 is 0 Å². The van der Waals surface area contributed by atoms with E-state index in [9.17, 15) is 9.59 Å². The molecule has 0 heterocycles. The van der Waals surface area contributed by atoms with Crippen molar-refractivity contribution in [3.8, 4) is 0 Å². The van der Waals surface area contributed by atoms with Crippen molar-refractivity contribution in [1.29, 1.82) is 0 Å². The van der Waals surface area contributed by atoms with Gasteiger partial charge in [0.1, 0.15) is 0 Å². The number of nitrogens with zero attached hydrogens (tertiary/aromatic N) is 2. The van der Waals surface area contributed by atoms with Crippen LogP contribution in [-0.4, -0.2) is 48.3 Å². The summed E-state index contributed by atoms with van der Waals surface area (Å²) < 4.78 is 0. The van der Waals surface area contributed by atoms with E-state index in [0.717, 1.165) is 45.3 Å². The molecule has 1 saturated carbocycles. The van der Waals surface area contributed by atoms with Gasteiger partial charge in [-0.15, -0.1) is 0 Å². The monoisotopic (exact) mass is 296 g/mol. The summed E-state index contributed by atoms with van der Waals surface area (Å²) in [5.74, 6) is 0.798. The van der Waals surface area contributed by atoms with Crippen LogP contribution in [0.3, 0.4) is 0 Å². The van der Waals surface area contributed by atoms with Crippen LogP contribution in [0.2, 0.25) is 0 Å². The quantitative estimate of drug-likeness (QED) is 0.646. The number of unbranched alkanes of at least 4 members (excludes halogenated alkanes) is 1. The minimum absolute atomic E-state index is 0.237. The van der Waals surface area contributed by atoms with Crippen molar-refractivity contribution < 1.29 is 9.59 Å². The Morgan fingerprint density at radius 1 is 1.00 bits per heavy atom. The maximum atomic E-state index is 12.3. The Balaban J connectivity index is 2.19. The van der Waals surface area contributed by atoms with Gasteiger partial charge >= 0.3 is 0 Å². The molecule has 1 aliphatic carbocycles. The molecule has 0 aromatic carbocycles. The molecule has 1 aliphatic rings. The van der Waals surface area contributed by atoms with Crippen molar-refractivity contribution in [3.05, 3.63) is 0 Å². The Labute approximate surface area is 129 Å². The minimum Gasteiger partial charge on any atom is -0.346 e. The first-order chi connectivity index (χ1) is 10.1. The Morgan fingerprint density at radius 3 is 2.19 bits per heavy atom. The predicted octanol–water partition coefficient (Wildman–Crippen LogP) is 3.06. The van der Waals surface area contributed by atoms with Crippen LogP contribution in [0.25, 0.3) is 0 Å². The zero-order valence-electron chi connectivity index (χ0n) is 14.1. The average molecular weight is 296 g/mol. The van der Waals surface area contributed by atoms with Crippen molar-refractivity contribution in [2.24, 2.45) is 5.92 Å². The van der Waals surface area contributed by atoms with E-state index in [1.165, 1.54) is 19.3 Å². The fourth-order valence-electron chi connectivity index (χ4n) is 3.13. The summed E-state index contributed by atoms with van der Waals surface area (Å²) in [6.07, 6.45) is 8.19. The highest BCUT2D eigenvalue weighted by molar-refractivity contribution is 5.78. The van der Waals surface area contributed by atoms with Gasteiger partial charge in [-0.3, -0.25) is 9.59 Å². The average Bonchev–Trinajstić information content (AvgIpc) is 2.52. The van der Waals surface area contributed by atoms with Crippen molar-refractivity contribution in [2.45, 2.75) is 65.2 Å². The molecule has 0 aromatic heterocycles. The lowest BCUT2D eigenvalue weighted by molar-refractivity contribution is -0.135. The van der Waals surface area contributed by atoms with Gasteiger partial charge in [0.05, 0.1) is 0 Å². The molecule has 0 aromatic rings. The smallest absolute Gasteiger partial charge is 0.225 e. The normalized spacial score (nSPS) is 15.8. The number of rotatable bonds is 8. The molecule has 0 saturated heterocycles. The van der Waals surface area contributed by atoms with Crippen LogP contribution in [0.5, 0.6) is 0 Å². The molecule has 21 heavy (non-hydrogen) atoms.